The summed E-state index contributed by atoms with van der Waals surface area (Å²) >= 11 is 0. The molecule has 0 aliphatic heterocycles. The Balaban J connectivity index is 2.24. The molecule has 5 nitrogen and oxygen atoms in total. The number of carboxylic acids is 1. The van der Waals surface area contributed by atoms with Crippen LogP contribution >= 0.6 is 0 Å². The lowest BCUT2D eigenvalue weighted by molar-refractivity contribution is -0.148. The summed E-state index contributed by atoms with van der Waals surface area (Å²) < 4.78 is 1.88. The lowest BCUT2D eigenvalue weighted by atomic mass is 9.68. The molecule has 2 aromatic heterocycles. The molecule has 0 atom stereocenters. The first kappa shape index (κ1) is 10.3. The van der Waals surface area contributed by atoms with Crippen molar-refractivity contribution >= 4 is 17.0 Å². The fourth-order valence-corrected chi connectivity index (χ4v) is 2.54. The summed E-state index contributed by atoms with van der Waals surface area (Å²) in [5, 5.41) is 9.42. The maximum Gasteiger partial charge on any atom is 0.317 e. The van der Waals surface area contributed by atoms with E-state index < -0.39 is 11.4 Å². The molecule has 0 amide bonds. The minimum atomic E-state index is -0.784. The quantitative estimate of drug-likeness (QED) is 0.849. The van der Waals surface area contributed by atoms with Gasteiger partial charge in [0.15, 0.2) is 0 Å². The molecule has 1 aliphatic carbocycles. The molecule has 1 fully saturated rings. The van der Waals surface area contributed by atoms with Crippen molar-refractivity contribution < 1.29 is 9.90 Å². The predicted octanol–water partition coefficient (Wildman–Crippen LogP) is 1.47. The number of imidazole rings is 1. The number of nitrogens with zero attached hydrogens (tertiary/aromatic N) is 3. The third-order valence-corrected chi connectivity index (χ3v) is 3.73. The highest BCUT2D eigenvalue weighted by molar-refractivity contribution is 5.84. The second kappa shape index (κ2) is 3.29. The molecule has 0 spiro atoms. The van der Waals surface area contributed by atoms with E-state index in [2.05, 4.69) is 9.97 Å². The van der Waals surface area contributed by atoms with Crippen molar-refractivity contribution in [2.24, 2.45) is 7.05 Å². The molecule has 3 rings (SSSR count). The van der Waals surface area contributed by atoms with E-state index in [9.17, 15) is 9.90 Å². The van der Waals surface area contributed by atoms with Gasteiger partial charge in [-0.1, -0.05) is 6.42 Å². The maximum atomic E-state index is 11.5. The van der Waals surface area contributed by atoms with Crippen LogP contribution in [0.1, 0.15) is 25.1 Å². The number of carbonyl (C=O) groups is 1. The molecule has 1 saturated carbocycles. The molecule has 2 heterocycles. The Morgan fingerprint density at radius 2 is 2.29 bits per heavy atom. The van der Waals surface area contributed by atoms with Crippen molar-refractivity contribution in [1.82, 2.24) is 14.5 Å². The first-order chi connectivity index (χ1) is 8.15. The Morgan fingerprint density at radius 3 is 2.82 bits per heavy atom. The van der Waals surface area contributed by atoms with Gasteiger partial charge in [-0.05, 0) is 18.9 Å². The highest BCUT2D eigenvalue weighted by atomic mass is 16.4. The average molecular weight is 231 g/mol. The minimum Gasteiger partial charge on any atom is -0.480 e. The van der Waals surface area contributed by atoms with Crippen LogP contribution in [0, 0.1) is 0 Å². The summed E-state index contributed by atoms with van der Waals surface area (Å²) in [6.07, 6.45) is 5.67. The summed E-state index contributed by atoms with van der Waals surface area (Å²) in [6.45, 7) is 0. The molecule has 88 valence electrons. The van der Waals surface area contributed by atoms with Crippen LogP contribution in [0.15, 0.2) is 18.5 Å². The Bertz CT molecular complexity index is 599. The predicted molar refractivity (Wildman–Crippen MR) is 61.7 cm³/mol. The normalized spacial score (nSPS) is 17.9. The molecule has 0 aromatic carbocycles. The van der Waals surface area contributed by atoms with Gasteiger partial charge < -0.3 is 9.67 Å². The van der Waals surface area contributed by atoms with Gasteiger partial charge in [-0.3, -0.25) is 9.78 Å². The van der Waals surface area contributed by atoms with Crippen LogP contribution in [0.5, 0.6) is 0 Å². The van der Waals surface area contributed by atoms with E-state index in [4.69, 9.17) is 0 Å². The number of aromatic nitrogens is 3. The highest BCUT2D eigenvalue weighted by Crippen LogP contribution is 2.43. The monoisotopic (exact) mass is 231 g/mol. The fraction of sp³-hybridized carbons (Fsp3) is 0.417. The first-order valence-electron chi connectivity index (χ1n) is 5.65. The van der Waals surface area contributed by atoms with E-state index in [0.29, 0.717) is 18.7 Å². The number of aryl methyl sites for hydroxylation is 1. The van der Waals surface area contributed by atoms with Crippen LogP contribution in [-0.4, -0.2) is 25.6 Å². The maximum absolute atomic E-state index is 11.5. The van der Waals surface area contributed by atoms with Gasteiger partial charge in [-0.25, -0.2) is 4.98 Å². The summed E-state index contributed by atoms with van der Waals surface area (Å²) in [4.78, 5) is 19.9. The minimum absolute atomic E-state index is 0.652. The molecule has 1 aliphatic rings. The van der Waals surface area contributed by atoms with Crippen LogP contribution in [0.25, 0.3) is 11.0 Å². The Hall–Kier alpha value is -1.91. The van der Waals surface area contributed by atoms with Gasteiger partial charge in [-0.15, -0.1) is 0 Å². The van der Waals surface area contributed by atoms with Gasteiger partial charge >= 0.3 is 5.97 Å². The highest BCUT2D eigenvalue weighted by Gasteiger charge is 2.49. The molecule has 0 bridgehead atoms. The van der Waals surface area contributed by atoms with Gasteiger partial charge in [0.1, 0.15) is 16.8 Å². The molecule has 2 aromatic rings. The van der Waals surface area contributed by atoms with Crippen molar-refractivity contribution in [2.45, 2.75) is 24.7 Å². The Morgan fingerprint density at radius 1 is 1.53 bits per heavy atom. The lowest BCUT2D eigenvalue weighted by Crippen LogP contribution is -2.44. The number of hydrogen-bond acceptors (Lipinski definition) is 3. The topological polar surface area (TPSA) is 68.0 Å². The standard InChI is InChI=1S/C12H13N3O2/c1-15-9-3-6-13-7-8(9)14-10(15)12(11(16)17)4-2-5-12/h3,6-7H,2,4-5H2,1H3,(H,16,17). The number of hydrogen-bond donors (Lipinski definition) is 1. The molecular weight excluding hydrogens is 218 g/mol. The van der Waals surface area contributed by atoms with Crippen LogP contribution in [-0.2, 0) is 17.3 Å². The molecule has 0 radical (unpaired) electrons. The van der Waals surface area contributed by atoms with Crippen molar-refractivity contribution in [1.29, 1.82) is 0 Å². The SMILES string of the molecule is Cn1c(C2(C(=O)O)CCC2)nc2cnccc21. The number of pyridine rings is 1. The number of aliphatic carboxylic acids is 1. The third-order valence-electron chi connectivity index (χ3n) is 3.73. The van der Waals surface area contributed by atoms with Crippen LogP contribution < -0.4 is 0 Å². The van der Waals surface area contributed by atoms with Gasteiger partial charge in [0.25, 0.3) is 0 Å². The van der Waals surface area contributed by atoms with E-state index >= 15 is 0 Å². The van der Waals surface area contributed by atoms with Gasteiger partial charge in [0.05, 0.1) is 11.7 Å². The van der Waals surface area contributed by atoms with Crippen LogP contribution in [0.3, 0.4) is 0 Å². The summed E-state index contributed by atoms with van der Waals surface area (Å²) in [6, 6.07) is 1.86. The average Bonchev–Trinajstić information content (AvgIpc) is 2.56. The number of fused-ring (bicyclic) bond motifs is 1. The van der Waals surface area contributed by atoms with E-state index in [1.165, 1.54) is 0 Å². The smallest absolute Gasteiger partial charge is 0.317 e. The van der Waals surface area contributed by atoms with E-state index in [1.54, 1.807) is 12.4 Å². The largest absolute Gasteiger partial charge is 0.480 e. The zero-order valence-electron chi connectivity index (χ0n) is 9.55. The lowest BCUT2D eigenvalue weighted by Gasteiger charge is -2.36. The van der Waals surface area contributed by atoms with E-state index in [-0.39, 0.29) is 0 Å². The second-order valence-corrected chi connectivity index (χ2v) is 4.60. The molecule has 0 unspecified atom stereocenters. The fourth-order valence-electron chi connectivity index (χ4n) is 2.54. The molecule has 5 heteroatoms. The Labute approximate surface area is 98.1 Å². The summed E-state index contributed by atoms with van der Waals surface area (Å²) in [5.41, 5.74) is 0.911. The van der Waals surface area contributed by atoms with Gasteiger partial charge in [-0.2, -0.15) is 0 Å². The number of rotatable bonds is 2. The summed E-state index contributed by atoms with van der Waals surface area (Å²) in [7, 11) is 1.87. The number of carboxylic acid groups (broad SMARTS) is 1. The van der Waals surface area contributed by atoms with Crippen molar-refractivity contribution in [3.8, 4) is 0 Å². The molecule has 17 heavy (non-hydrogen) atoms. The first-order valence-corrected chi connectivity index (χ1v) is 5.65. The van der Waals surface area contributed by atoms with Crippen molar-refractivity contribution in [3.63, 3.8) is 0 Å². The second-order valence-electron chi connectivity index (χ2n) is 4.60. The van der Waals surface area contributed by atoms with Crippen LogP contribution in [0.4, 0.5) is 0 Å². The Kier molecular flexibility index (Phi) is 1.98. The van der Waals surface area contributed by atoms with Crippen molar-refractivity contribution in [2.75, 3.05) is 0 Å². The van der Waals surface area contributed by atoms with Crippen LogP contribution in [0.2, 0.25) is 0 Å². The molecular formula is C12H13N3O2. The van der Waals surface area contributed by atoms with Crippen molar-refractivity contribution in [3.05, 3.63) is 24.3 Å². The van der Waals surface area contributed by atoms with Gasteiger partial charge in [0.2, 0.25) is 0 Å². The van der Waals surface area contributed by atoms with E-state index in [1.807, 2.05) is 17.7 Å². The molecule has 1 N–H and O–H groups in total. The van der Waals surface area contributed by atoms with E-state index in [0.717, 1.165) is 17.5 Å². The zero-order valence-corrected chi connectivity index (χ0v) is 9.55. The van der Waals surface area contributed by atoms with Gasteiger partial charge in [0, 0.05) is 13.2 Å². The zero-order chi connectivity index (χ0) is 12.0. The molecule has 0 saturated heterocycles. The third kappa shape index (κ3) is 1.22. The summed E-state index contributed by atoms with van der Waals surface area (Å²) in [5.74, 6) is -0.116.